The quantitative estimate of drug-likeness (QED) is 0.486. The number of thioether (sulfide) groups is 1. The zero-order valence-electron chi connectivity index (χ0n) is 13.5. The Kier molecular flexibility index (Phi) is 4.78. The van der Waals surface area contributed by atoms with Gasteiger partial charge in [-0.25, -0.2) is 4.98 Å². The van der Waals surface area contributed by atoms with Gasteiger partial charge < -0.3 is 16.6 Å². The highest BCUT2D eigenvalue weighted by Gasteiger charge is 2.12. The van der Waals surface area contributed by atoms with Crippen molar-refractivity contribution in [3.8, 4) is 28.8 Å². The number of nitrogens with two attached hydrogens (primary N) is 2. The van der Waals surface area contributed by atoms with Gasteiger partial charge in [0.25, 0.3) is 0 Å². The lowest BCUT2D eigenvalue weighted by atomic mass is 10.1. The zero-order valence-corrected chi connectivity index (χ0v) is 14.3. The number of hydrogen-bond acceptors (Lipinski definition) is 6. The maximum absolute atomic E-state index is 9.55. The van der Waals surface area contributed by atoms with Crippen molar-refractivity contribution >= 4 is 23.5 Å². The van der Waals surface area contributed by atoms with Gasteiger partial charge >= 0.3 is 0 Å². The lowest BCUT2D eigenvalue weighted by molar-refractivity contribution is 0.475. The molecule has 0 saturated heterocycles. The maximum atomic E-state index is 9.55. The van der Waals surface area contributed by atoms with E-state index in [2.05, 4.69) is 21.8 Å². The number of aromatic nitrogens is 2. The molecule has 3 aromatic rings. The third-order valence-corrected chi connectivity index (χ3v) is 4.24. The molecule has 0 amide bonds. The third-order valence-electron chi connectivity index (χ3n) is 3.50. The van der Waals surface area contributed by atoms with Crippen molar-refractivity contribution in [2.75, 3.05) is 17.7 Å². The standard InChI is InChI=1S/C19H16N4OS/c1-25-15-8-6-13(7-9-15)17-16(18(20)23-19(21)22-17)10-5-12-3-2-4-14(24)11-12/h2-4,6-9,11,24H,1H3,(H4,20,21,22,23). The fraction of sp³-hybridized carbons (Fsp3) is 0.0526. The van der Waals surface area contributed by atoms with Gasteiger partial charge in [0.05, 0.1) is 11.3 Å². The van der Waals surface area contributed by atoms with Crippen molar-refractivity contribution in [3.63, 3.8) is 0 Å². The molecule has 0 spiro atoms. The molecule has 0 unspecified atom stereocenters. The molecule has 0 atom stereocenters. The Balaban J connectivity index is 2.10. The molecule has 3 rings (SSSR count). The number of aromatic hydroxyl groups is 1. The summed E-state index contributed by atoms with van der Waals surface area (Å²) in [5.74, 6) is 6.47. The molecule has 5 N–H and O–H groups in total. The third kappa shape index (κ3) is 3.84. The molecular weight excluding hydrogens is 332 g/mol. The number of phenolic OH excluding ortho intramolecular Hbond substituents is 1. The van der Waals surface area contributed by atoms with E-state index < -0.39 is 0 Å². The molecule has 0 saturated carbocycles. The van der Waals surface area contributed by atoms with Gasteiger partial charge in [0.15, 0.2) is 0 Å². The van der Waals surface area contributed by atoms with Gasteiger partial charge in [0.2, 0.25) is 5.95 Å². The molecule has 6 heteroatoms. The lowest BCUT2D eigenvalue weighted by Crippen LogP contribution is -2.05. The van der Waals surface area contributed by atoms with Crippen LogP contribution in [0.25, 0.3) is 11.3 Å². The Morgan fingerprint density at radius 1 is 1.00 bits per heavy atom. The van der Waals surface area contributed by atoms with Gasteiger partial charge in [-0.3, -0.25) is 0 Å². The summed E-state index contributed by atoms with van der Waals surface area (Å²) >= 11 is 1.66. The van der Waals surface area contributed by atoms with Crippen LogP contribution in [0.3, 0.4) is 0 Å². The molecule has 0 aliphatic carbocycles. The number of hydrogen-bond donors (Lipinski definition) is 3. The van der Waals surface area contributed by atoms with Crippen LogP contribution in [0.4, 0.5) is 11.8 Å². The first-order valence-corrected chi connectivity index (χ1v) is 8.68. The van der Waals surface area contributed by atoms with E-state index in [1.807, 2.05) is 30.5 Å². The van der Waals surface area contributed by atoms with Crippen LogP contribution in [0.1, 0.15) is 11.1 Å². The topological polar surface area (TPSA) is 98.0 Å². The molecule has 5 nitrogen and oxygen atoms in total. The van der Waals surface area contributed by atoms with Gasteiger partial charge in [-0.2, -0.15) is 4.98 Å². The van der Waals surface area contributed by atoms with Gasteiger partial charge in [-0.1, -0.05) is 30.0 Å². The summed E-state index contributed by atoms with van der Waals surface area (Å²) < 4.78 is 0. The Labute approximate surface area is 150 Å². The Bertz CT molecular complexity index is 975. The average molecular weight is 348 g/mol. The first kappa shape index (κ1) is 16.7. The smallest absolute Gasteiger partial charge is 0.222 e. The monoisotopic (exact) mass is 348 g/mol. The summed E-state index contributed by atoms with van der Waals surface area (Å²) in [5.41, 5.74) is 14.4. The predicted molar refractivity (Wildman–Crippen MR) is 102 cm³/mol. The van der Waals surface area contributed by atoms with Crippen molar-refractivity contribution in [2.24, 2.45) is 0 Å². The van der Waals surface area contributed by atoms with Gasteiger partial charge in [-0.05, 0) is 36.6 Å². The maximum Gasteiger partial charge on any atom is 0.222 e. The molecule has 0 aliphatic rings. The summed E-state index contributed by atoms with van der Waals surface area (Å²) in [6, 6.07) is 14.6. The summed E-state index contributed by atoms with van der Waals surface area (Å²) in [5, 5.41) is 9.55. The highest BCUT2D eigenvalue weighted by atomic mass is 32.2. The Morgan fingerprint density at radius 3 is 2.44 bits per heavy atom. The van der Waals surface area contributed by atoms with Gasteiger partial charge in [0.1, 0.15) is 11.6 Å². The van der Waals surface area contributed by atoms with E-state index in [-0.39, 0.29) is 17.5 Å². The van der Waals surface area contributed by atoms with Gasteiger partial charge in [0, 0.05) is 16.0 Å². The molecule has 1 aromatic heterocycles. The van der Waals surface area contributed by atoms with E-state index in [1.54, 1.807) is 36.0 Å². The molecule has 0 radical (unpaired) electrons. The Morgan fingerprint density at radius 2 is 1.76 bits per heavy atom. The number of nitrogens with zero attached hydrogens (tertiary/aromatic N) is 2. The van der Waals surface area contributed by atoms with Crippen LogP contribution in [-0.2, 0) is 0 Å². The molecular formula is C19H16N4OS. The van der Waals surface area contributed by atoms with E-state index in [1.165, 1.54) is 0 Å². The molecule has 124 valence electrons. The van der Waals surface area contributed by atoms with E-state index in [9.17, 15) is 5.11 Å². The van der Waals surface area contributed by atoms with Crippen molar-refractivity contribution in [1.82, 2.24) is 9.97 Å². The number of phenols is 1. The number of rotatable bonds is 2. The van der Waals surface area contributed by atoms with Gasteiger partial charge in [-0.15, -0.1) is 11.8 Å². The van der Waals surface area contributed by atoms with Crippen LogP contribution in [0.5, 0.6) is 5.75 Å². The minimum Gasteiger partial charge on any atom is -0.508 e. The SMILES string of the molecule is CSc1ccc(-c2nc(N)nc(N)c2C#Cc2cccc(O)c2)cc1. The zero-order chi connectivity index (χ0) is 17.8. The van der Waals surface area contributed by atoms with E-state index in [0.29, 0.717) is 16.8 Å². The van der Waals surface area contributed by atoms with Crippen molar-refractivity contribution in [1.29, 1.82) is 0 Å². The van der Waals surface area contributed by atoms with Crippen LogP contribution in [0.15, 0.2) is 53.4 Å². The number of anilines is 2. The second-order valence-corrected chi connectivity index (χ2v) is 6.10. The highest BCUT2D eigenvalue weighted by Crippen LogP contribution is 2.27. The minimum atomic E-state index is 0.101. The second kappa shape index (κ2) is 7.16. The largest absolute Gasteiger partial charge is 0.508 e. The fourth-order valence-electron chi connectivity index (χ4n) is 2.30. The summed E-state index contributed by atoms with van der Waals surface area (Å²) in [7, 11) is 0. The van der Waals surface area contributed by atoms with Crippen molar-refractivity contribution in [3.05, 3.63) is 59.7 Å². The Hall–Kier alpha value is -3.17. The number of nitrogen functional groups attached to an aromatic ring is 2. The molecule has 0 aliphatic heterocycles. The molecule has 2 aromatic carbocycles. The summed E-state index contributed by atoms with van der Waals surface area (Å²) in [6.45, 7) is 0. The minimum absolute atomic E-state index is 0.101. The van der Waals surface area contributed by atoms with Crippen molar-refractivity contribution in [2.45, 2.75) is 4.90 Å². The summed E-state index contributed by atoms with van der Waals surface area (Å²) in [6.07, 6.45) is 2.02. The van der Waals surface area contributed by atoms with E-state index >= 15 is 0 Å². The second-order valence-electron chi connectivity index (χ2n) is 5.22. The van der Waals surface area contributed by atoms with Crippen LogP contribution >= 0.6 is 11.8 Å². The average Bonchev–Trinajstić information content (AvgIpc) is 2.60. The first-order valence-electron chi connectivity index (χ1n) is 7.45. The number of benzene rings is 2. The van der Waals surface area contributed by atoms with Crippen LogP contribution in [-0.4, -0.2) is 21.3 Å². The van der Waals surface area contributed by atoms with Crippen LogP contribution in [0.2, 0.25) is 0 Å². The lowest BCUT2D eigenvalue weighted by Gasteiger charge is -2.08. The highest BCUT2D eigenvalue weighted by molar-refractivity contribution is 7.98. The van der Waals surface area contributed by atoms with Crippen LogP contribution in [0, 0.1) is 11.8 Å². The van der Waals surface area contributed by atoms with Crippen molar-refractivity contribution < 1.29 is 5.11 Å². The first-order chi connectivity index (χ1) is 12.1. The molecule has 1 heterocycles. The van der Waals surface area contributed by atoms with E-state index in [0.717, 1.165) is 10.5 Å². The molecule has 25 heavy (non-hydrogen) atoms. The molecule has 0 bridgehead atoms. The fourth-order valence-corrected chi connectivity index (χ4v) is 2.70. The normalized spacial score (nSPS) is 10.1. The summed E-state index contributed by atoms with van der Waals surface area (Å²) in [4.78, 5) is 9.47. The molecule has 0 fully saturated rings. The van der Waals surface area contributed by atoms with Crippen LogP contribution < -0.4 is 11.5 Å². The predicted octanol–water partition coefficient (Wildman–Crippen LogP) is 3.14. The van der Waals surface area contributed by atoms with E-state index in [4.69, 9.17) is 11.5 Å².